The predicted octanol–water partition coefficient (Wildman–Crippen LogP) is 0.238. The Balaban J connectivity index is 2.21. The molecule has 0 saturated carbocycles. The highest BCUT2D eigenvalue weighted by Gasteiger charge is 2.27. The highest BCUT2D eigenvalue weighted by molar-refractivity contribution is 5.40. The first kappa shape index (κ1) is 11.0. The summed E-state index contributed by atoms with van der Waals surface area (Å²) >= 11 is 0. The van der Waals surface area contributed by atoms with Crippen LogP contribution in [-0.2, 0) is 29.1 Å². The van der Waals surface area contributed by atoms with Gasteiger partial charge in [-0.05, 0) is 24.6 Å². The molecule has 1 aromatic rings. The fourth-order valence-corrected chi connectivity index (χ4v) is 2.67. The van der Waals surface area contributed by atoms with E-state index in [1.54, 1.807) is 0 Å². The smallest absolute Gasteiger partial charge is 0.254 e. The fourth-order valence-electron chi connectivity index (χ4n) is 2.67. The Morgan fingerprint density at radius 2 is 2.18 bits per heavy atom. The summed E-state index contributed by atoms with van der Waals surface area (Å²) in [7, 11) is 1.92. The maximum absolute atomic E-state index is 11.9. The van der Waals surface area contributed by atoms with Crippen molar-refractivity contribution in [1.29, 1.82) is 0 Å². The van der Waals surface area contributed by atoms with E-state index in [1.165, 1.54) is 5.56 Å². The van der Waals surface area contributed by atoms with Gasteiger partial charge in [-0.15, -0.1) is 0 Å². The van der Waals surface area contributed by atoms with E-state index >= 15 is 0 Å². The van der Waals surface area contributed by atoms with Crippen molar-refractivity contribution in [2.45, 2.75) is 25.7 Å². The van der Waals surface area contributed by atoms with Crippen LogP contribution in [0.1, 0.15) is 28.4 Å². The van der Waals surface area contributed by atoms with E-state index < -0.39 is 0 Å². The maximum atomic E-state index is 11.9. The van der Waals surface area contributed by atoms with Gasteiger partial charge < -0.3 is 19.8 Å². The second-order valence-electron chi connectivity index (χ2n) is 4.46. The van der Waals surface area contributed by atoms with Gasteiger partial charge in [0.05, 0.1) is 32.5 Å². The van der Waals surface area contributed by atoms with E-state index in [0.717, 1.165) is 23.2 Å². The topological polar surface area (TPSA) is 63.3 Å². The molecule has 0 bridgehead atoms. The normalized spacial score (nSPS) is 23.0. The molecule has 0 aliphatic carbocycles. The fraction of sp³-hybridized carbons (Fsp3) is 0.583. The minimum Gasteiger partial charge on any atom is -0.376 e. The summed E-state index contributed by atoms with van der Waals surface area (Å²) in [4.78, 5) is 14.8. The number of aromatic amines is 1. The summed E-state index contributed by atoms with van der Waals surface area (Å²) in [5.74, 6) is 0. The SMILES string of the molecule is CNC1COCc2[nH]c(=O)c3c(c21)CCOC3. The van der Waals surface area contributed by atoms with Crippen LogP contribution >= 0.6 is 0 Å². The zero-order chi connectivity index (χ0) is 11.8. The minimum absolute atomic E-state index is 0.0289. The molecule has 5 heteroatoms. The molecule has 1 unspecified atom stereocenters. The van der Waals surface area contributed by atoms with Crippen molar-refractivity contribution in [2.75, 3.05) is 20.3 Å². The lowest BCUT2D eigenvalue weighted by molar-refractivity contribution is 0.0767. The minimum atomic E-state index is -0.0289. The number of aromatic nitrogens is 1. The summed E-state index contributed by atoms with van der Waals surface area (Å²) in [5, 5.41) is 3.24. The second kappa shape index (κ2) is 4.25. The predicted molar refractivity (Wildman–Crippen MR) is 61.9 cm³/mol. The lowest BCUT2D eigenvalue weighted by Crippen LogP contribution is -2.34. The van der Waals surface area contributed by atoms with E-state index in [0.29, 0.717) is 26.4 Å². The molecule has 5 nitrogen and oxygen atoms in total. The van der Waals surface area contributed by atoms with Crippen LogP contribution in [0.4, 0.5) is 0 Å². The van der Waals surface area contributed by atoms with Gasteiger partial charge in [-0.1, -0.05) is 0 Å². The quantitative estimate of drug-likeness (QED) is 0.733. The third-order valence-corrected chi connectivity index (χ3v) is 3.52. The Morgan fingerprint density at radius 3 is 3.00 bits per heavy atom. The highest BCUT2D eigenvalue weighted by Crippen LogP contribution is 2.29. The van der Waals surface area contributed by atoms with Gasteiger partial charge in [-0.3, -0.25) is 4.79 Å². The van der Waals surface area contributed by atoms with E-state index in [4.69, 9.17) is 9.47 Å². The van der Waals surface area contributed by atoms with Crippen molar-refractivity contribution in [3.8, 4) is 0 Å². The third-order valence-electron chi connectivity index (χ3n) is 3.52. The van der Waals surface area contributed by atoms with Crippen LogP contribution in [0.25, 0.3) is 0 Å². The zero-order valence-corrected chi connectivity index (χ0v) is 9.84. The molecule has 3 heterocycles. The number of nitrogens with one attached hydrogen (secondary N) is 2. The van der Waals surface area contributed by atoms with Crippen LogP contribution in [0.15, 0.2) is 4.79 Å². The Morgan fingerprint density at radius 1 is 1.29 bits per heavy atom. The lowest BCUT2D eigenvalue weighted by Gasteiger charge is -2.30. The van der Waals surface area contributed by atoms with Gasteiger partial charge >= 0.3 is 0 Å². The van der Waals surface area contributed by atoms with E-state index in [1.807, 2.05) is 7.05 Å². The molecule has 2 N–H and O–H groups in total. The Labute approximate surface area is 99.1 Å². The molecule has 0 spiro atoms. The summed E-state index contributed by atoms with van der Waals surface area (Å²) in [5.41, 5.74) is 4.06. The van der Waals surface area contributed by atoms with Crippen molar-refractivity contribution < 1.29 is 9.47 Å². The first-order valence-electron chi connectivity index (χ1n) is 5.91. The van der Waals surface area contributed by atoms with Gasteiger partial charge in [0.2, 0.25) is 0 Å². The molecular weight excluding hydrogens is 220 g/mol. The molecular formula is C12H16N2O3. The molecule has 17 heavy (non-hydrogen) atoms. The lowest BCUT2D eigenvalue weighted by atomic mass is 9.91. The van der Waals surface area contributed by atoms with Crippen LogP contribution in [0.2, 0.25) is 0 Å². The number of pyridine rings is 1. The molecule has 3 rings (SSSR count). The summed E-state index contributed by atoms with van der Waals surface area (Å²) in [6.07, 6.45) is 0.819. The molecule has 2 aliphatic heterocycles. The van der Waals surface area contributed by atoms with Gasteiger partial charge in [-0.25, -0.2) is 0 Å². The Hall–Kier alpha value is -1.17. The molecule has 0 radical (unpaired) electrons. The molecule has 1 aromatic heterocycles. The molecule has 0 amide bonds. The van der Waals surface area contributed by atoms with E-state index in [2.05, 4.69) is 10.3 Å². The number of likely N-dealkylation sites (N-methyl/N-ethyl adjacent to an activating group) is 1. The molecule has 2 aliphatic rings. The van der Waals surface area contributed by atoms with Gasteiger partial charge in [-0.2, -0.15) is 0 Å². The van der Waals surface area contributed by atoms with Gasteiger partial charge in [0.25, 0.3) is 5.56 Å². The maximum Gasteiger partial charge on any atom is 0.254 e. The molecule has 0 aromatic carbocycles. The largest absolute Gasteiger partial charge is 0.376 e. The highest BCUT2D eigenvalue weighted by atomic mass is 16.5. The molecule has 1 atom stereocenters. The Bertz CT molecular complexity index is 495. The Kier molecular flexibility index (Phi) is 2.74. The van der Waals surface area contributed by atoms with Crippen LogP contribution < -0.4 is 10.9 Å². The summed E-state index contributed by atoms with van der Waals surface area (Å²) in [6, 6.07) is 0.169. The van der Waals surface area contributed by atoms with Gasteiger partial charge in [0, 0.05) is 11.3 Å². The molecule has 0 fully saturated rings. The third kappa shape index (κ3) is 1.71. The number of ether oxygens (including phenoxy) is 2. The second-order valence-corrected chi connectivity index (χ2v) is 4.46. The van der Waals surface area contributed by atoms with Crippen molar-refractivity contribution in [3.05, 3.63) is 32.7 Å². The molecule has 92 valence electrons. The number of hydrogen-bond donors (Lipinski definition) is 2. The number of fused-ring (bicyclic) bond motifs is 3. The number of hydrogen-bond acceptors (Lipinski definition) is 4. The van der Waals surface area contributed by atoms with Crippen LogP contribution in [-0.4, -0.2) is 25.2 Å². The average molecular weight is 236 g/mol. The van der Waals surface area contributed by atoms with Crippen molar-refractivity contribution in [2.24, 2.45) is 0 Å². The van der Waals surface area contributed by atoms with E-state index in [9.17, 15) is 4.79 Å². The first-order chi connectivity index (χ1) is 8.31. The van der Waals surface area contributed by atoms with Gasteiger partial charge in [0.15, 0.2) is 0 Å². The number of H-pyrrole nitrogens is 1. The van der Waals surface area contributed by atoms with Gasteiger partial charge in [0.1, 0.15) is 0 Å². The number of rotatable bonds is 1. The average Bonchev–Trinajstić information content (AvgIpc) is 2.38. The van der Waals surface area contributed by atoms with Crippen LogP contribution in [0.5, 0.6) is 0 Å². The van der Waals surface area contributed by atoms with Crippen molar-refractivity contribution >= 4 is 0 Å². The van der Waals surface area contributed by atoms with E-state index in [-0.39, 0.29) is 11.6 Å². The monoisotopic (exact) mass is 236 g/mol. The summed E-state index contributed by atoms with van der Waals surface area (Å²) < 4.78 is 10.8. The standard InChI is InChI=1S/C12H16N2O3/c1-13-9-5-17-6-10-11(9)7-2-3-16-4-8(7)12(15)14-10/h9,13H,2-6H2,1H3,(H,14,15). The molecule has 0 saturated heterocycles. The van der Waals surface area contributed by atoms with Crippen molar-refractivity contribution in [1.82, 2.24) is 10.3 Å². The summed E-state index contributed by atoms with van der Waals surface area (Å²) in [6.45, 7) is 2.27. The van der Waals surface area contributed by atoms with Crippen LogP contribution in [0.3, 0.4) is 0 Å². The first-order valence-corrected chi connectivity index (χ1v) is 5.91. The zero-order valence-electron chi connectivity index (χ0n) is 9.84. The van der Waals surface area contributed by atoms with Crippen molar-refractivity contribution in [3.63, 3.8) is 0 Å². The van der Waals surface area contributed by atoms with Crippen LogP contribution in [0, 0.1) is 0 Å².